The Balaban J connectivity index is 2.02. The molecule has 1 aromatic carbocycles. The highest BCUT2D eigenvalue weighted by Crippen LogP contribution is 2.17. The Morgan fingerprint density at radius 2 is 2.18 bits per heavy atom. The van der Waals surface area contributed by atoms with E-state index in [0.29, 0.717) is 18.2 Å². The summed E-state index contributed by atoms with van der Waals surface area (Å²) in [5.41, 5.74) is 0.479. The summed E-state index contributed by atoms with van der Waals surface area (Å²) in [4.78, 5) is 13.4. The van der Waals surface area contributed by atoms with Crippen molar-refractivity contribution in [2.45, 2.75) is 24.7 Å². The van der Waals surface area contributed by atoms with Crippen LogP contribution in [0.1, 0.15) is 19.8 Å². The zero-order chi connectivity index (χ0) is 16.2. The van der Waals surface area contributed by atoms with E-state index < -0.39 is 10.0 Å². The lowest BCUT2D eigenvalue weighted by Gasteiger charge is -2.29. The quantitative estimate of drug-likeness (QED) is 0.854. The van der Waals surface area contributed by atoms with Crippen LogP contribution in [-0.2, 0) is 14.8 Å². The van der Waals surface area contributed by atoms with Crippen molar-refractivity contribution >= 4 is 21.6 Å². The minimum Gasteiger partial charge on any atom is -0.326 e. The third-order valence-corrected chi connectivity index (χ3v) is 5.17. The number of carbonyl (C=O) groups excluding carboxylic acids is 1. The second-order valence-electron chi connectivity index (χ2n) is 5.83. The van der Waals surface area contributed by atoms with Crippen LogP contribution in [0.15, 0.2) is 29.2 Å². The summed E-state index contributed by atoms with van der Waals surface area (Å²) in [5.74, 6) is 0.111. The summed E-state index contributed by atoms with van der Waals surface area (Å²) in [6, 6.07) is 6.28. The Morgan fingerprint density at radius 1 is 1.41 bits per heavy atom. The molecule has 0 bridgehead atoms. The van der Waals surface area contributed by atoms with Crippen molar-refractivity contribution in [1.29, 1.82) is 0 Å². The predicted molar refractivity (Wildman–Crippen MR) is 86.2 cm³/mol. The number of anilines is 1. The molecule has 22 heavy (non-hydrogen) atoms. The molecule has 1 amide bonds. The van der Waals surface area contributed by atoms with Crippen LogP contribution in [0.4, 0.5) is 5.69 Å². The fourth-order valence-electron chi connectivity index (χ4n) is 2.70. The van der Waals surface area contributed by atoms with Gasteiger partial charge in [-0.2, -0.15) is 0 Å². The van der Waals surface area contributed by atoms with Crippen molar-refractivity contribution in [1.82, 2.24) is 9.62 Å². The minimum absolute atomic E-state index is 0.169. The van der Waals surface area contributed by atoms with Gasteiger partial charge in [-0.25, -0.2) is 13.1 Å². The van der Waals surface area contributed by atoms with E-state index in [9.17, 15) is 13.2 Å². The normalized spacial score (nSPS) is 19.8. The molecular formula is C15H23N3O3S. The van der Waals surface area contributed by atoms with E-state index in [-0.39, 0.29) is 10.8 Å². The summed E-state index contributed by atoms with van der Waals surface area (Å²) in [7, 11) is -1.50. The lowest BCUT2D eigenvalue weighted by molar-refractivity contribution is -0.114. The second kappa shape index (κ2) is 7.21. The first-order valence-corrected chi connectivity index (χ1v) is 8.91. The number of rotatable bonds is 5. The van der Waals surface area contributed by atoms with Crippen molar-refractivity contribution in [2.75, 3.05) is 32.0 Å². The Bertz CT molecular complexity index is 631. The van der Waals surface area contributed by atoms with Gasteiger partial charge in [-0.05, 0) is 50.6 Å². The van der Waals surface area contributed by atoms with E-state index in [1.54, 1.807) is 12.1 Å². The highest BCUT2D eigenvalue weighted by atomic mass is 32.2. The monoisotopic (exact) mass is 325 g/mol. The minimum atomic E-state index is -3.56. The van der Waals surface area contributed by atoms with Crippen LogP contribution in [0.2, 0.25) is 0 Å². The first-order chi connectivity index (χ1) is 10.4. The number of nitrogens with zero attached hydrogens (tertiary/aromatic N) is 1. The van der Waals surface area contributed by atoms with Gasteiger partial charge in [0, 0.05) is 25.7 Å². The van der Waals surface area contributed by atoms with Gasteiger partial charge in [0.1, 0.15) is 0 Å². The molecule has 1 aliphatic heterocycles. The highest BCUT2D eigenvalue weighted by molar-refractivity contribution is 7.89. The van der Waals surface area contributed by atoms with E-state index in [0.717, 1.165) is 25.9 Å². The first-order valence-electron chi connectivity index (χ1n) is 7.43. The maximum atomic E-state index is 12.4. The Labute approximate surface area is 131 Å². The highest BCUT2D eigenvalue weighted by Gasteiger charge is 2.21. The number of carbonyl (C=O) groups is 1. The number of sulfonamides is 1. The van der Waals surface area contributed by atoms with Gasteiger partial charge >= 0.3 is 0 Å². The van der Waals surface area contributed by atoms with Crippen LogP contribution in [0.25, 0.3) is 0 Å². The first kappa shape index (κ1) is 16.9. The van der Waals surface area contributed by atoms with Gasteiger partial charge < -0.3 is 10.2 Å². The fourth-order valence-corrected chi connectivity index (χ4v) is 3.86. The van der Waals surface area contributed by atoms with E-state index >= 15 is 0 Å². The number of hydrogen-bond donors (Lipinski definition) is 2. The number of piperidine rings is 1. The number of nitrogens with one attached hydrogen (secondary N) is 2. The molecule has 0 spiro atoms. The summed E-state index contributed by atoms with van der Waals surface area (Å²) >= 11 is 0. The van der Waals surface area contributed by atoms with Gasteiger partial charge in [0.2, 0.25) is 15.9 Å². The van der Waals surface area contributed by atoms with Crippen LogP contribution in [0.3, 0.4) is 0 Å². The van der Waals surface area contributed by atoms with Crippen LogP contribution in [0.5, 0.6) is 0 Å². The van der Waals surface area contributed by atoms with Crippen molar-refractivity contribution in [3.8, 4) is 0 Å². The maximum absolute atomic E-state index is 12.4. The second-order valence-corrected chi connectivity index (χ2v) is 7.60. The zero-order valence-electron chi connectivity index (χ0n) is 13.0. The number of amides is 1. The number of hydrogen-bond acceptors (Lipinski definition) is 4. The molecule has 7 heteroatoms. The van der Waals surface area contributed by atoms with Crippen molar-refractivity contribution < 1.29 is 13.2 Å². The van der Waals surface area contributed by atoms with Crippen molar-refractivity contribution in [3.63, 3.8) is 0 Å². The molecule has 2 rings (SSSR count). The van der Waals surface area contributed by atoms with Gasteiger partial charge in [-0.1, -0.05) is 6.07 Å². The van der Waals surface area contributed by atoms with Gasteiger partial charge in [0.25, 0.3) is 0 Å². The summed E-state index contributed by atoms with van der Waals surface area (Å²) in [6.07, 6.45) is 2.14. The summed E-state index contributed by atoms with van der Waals surface area (Å²) in [5, 5.41) is 2.59. The van der Waals surface area contributed by atoms with Gasteiger partial charge in [0.05, 0.1) is 4.90 Å². The molecule has 1 aliphatic rings. The zero-order valence-corrected chi connectivity index (χ0v) is 13.8. The molecule has 6 nitrogen and oxygen atoms in total. The Hall–Kier alpha value is -1.44. The molecule has 1 heterocycles. The van der Waals surface area contributed by atoms with Crippen molar-refractivity contribution in [2.24, 2.45) is 5.92 Å². The fraction of sp³-hybridized carbons (Fsp3) is 0.533. The van der Waals surface area contributed by atoms with E-state index in [1.807, 2.05) is 0 Å². The van der Waals surface area contributed by atoms with E-state index in [1.165, 1.54) is 19.1 Å². The van der Waals surface area contributed by atoms with Crippen molar-refractivity contribution in [3.05, 3.63) is 24.3 Å². The average molecular weight is 325 g/mol. The standard InChI is InChI=1S/C15H23N3O3S/c1-12(19)17-14-6-3-7-15(9-14)22(20,21)16-10-13-5-4-8-18(2)11-13/h3,6-7,9,13,16H,4-5,8,10-11H2,1-2H3,(H,17,19)/t13-/m1/s1. The molecule has 0 aliphatic carbocycles. The van der Waals surface area contributed by atoms with Crippen LogP contribution < -0.4 is 10.0 Å². The van der Waals surface area contributed by atoms with E-state index in [4.69, 9.17) is 0 Å². The molecule has 0 saturated carbocycles. The molecule has 2 N–H and O–H groups in total. The maximum Gasteiger partial charge on any atom is 0.240 e. The third-order valence-electron chi connectivity index (χ3n) is 3.75. The molecule has 0 unspecified atom stereocenters. The van der Waals surface area contributed by atoms with Crippen LogP contribution >= 0.6 is 0 Å². The number of benzene rings is 1. The average Bonchev–Trinajstić information content (AvgIpc) is 2.45. The topological polar surface area (TPSA) is 78.5 Å². The van der Waals surface area contributed by atoms with Gasteiger partial charge in [-0.15, -0.1) is 0 Å². The molecule has 0 radical (unpaired) electrons. The van der Waals surface area contributed by atoms with Gasteiger partial charge in [0.15, 0.2) is 0 Å². The van der Waals surface area contributed by atoms with E-state index in [2.05, 4.69) is 22.0 Å². The molecular weight excluding hydrogens is 302 g/mol. The largest absolute Gasteiger partial charge is 0.326 e. The molecule has 1 saturated heterocycles. The smallest absolute Gasteiger partial charge is 0.240 e. The summed E-state index contributed by atoms with van der Waals surface area (Å²) < 4.78 is 27.4. The molecule has 0 aromatic heterocycles. The third kappa shape index (κ3) is 4.79. The van der Waals surface area contributed by atoms with Crippen LogP contribution in [0, 0.1) is 5.92 Å². The molecule has 1 aromatic rings. The molecule has 1 fully saturated rings. The predicted octanol–water partition coefficient (Wildman–Crippen LogP) is 1.27. The lowest BCUT2D eigenvalue weighted by Crippen LogP contribution is -2.39. The lowest BCUT2D eigenvalue weighted by atomic mass is 9.99. The summed E-state index contributed by atoms with van der Waals surface area (Å²) in [6.45, 7) is 3.81. The SMILES string of the molecule is CC(=O)Nc1cccc(S(=O)(=O)NC[C@H]2CCCN(C)C2)c1. The molecule has 122 valence electrons. The Kier molecular flexibility index (Phi) is 5.55. The Morgan fingerprint density at radius 3 is 2.86 bits per heavy atom. The number of likely N-dealkylation sites (tertiary alicyclic amines) is 1. The van der Waals surface area contributed by atoms with Gasteiger partial charge in [-0.3, -0.25) is 4.79 Å². The molecule has 1 atom stereocenters. The van der Waals surface area contributed by atoms with Crippen LogP contribution in [-0.4, -0.2) is 45.9 Å².